The molecule has 0 bridgehead atoms. The van der Waals surface area contributed by atoms with Crippen molar-refractivity contribution in [1.82, 2.24) is 0 Å². The third-order valence-corrected chi connectivity index (χ3v) is 5.37. The van der Waals surface area contributed by atoms with E-state index in [1.807, 2.05) is 24.3 Å². The zero-order valence-corrected chi connectivity index (χ0v) is 14.2. The second-order valence-electron chi connectivity index (χ2n) is 5.43. The molecular formula is C17H15ClN2O2S. The number of nitrogens with one attached hydrogen (secondary N) is 1. The van der Waals surface area contributed by atoms with Gasteiger partial charge in [0, 0.05) is 22.7 Å². The van der Waals surface area contributed by atoms with Gasteiger partial charge < -0.3 is 10.2 Å². The lowest BCUT2D eigenvalue weighted by molar-refractivity contribution is -0.128. The highest BCUT2D eigenvalue weighted by molar-refractivity contribution is 8.02. The lowest BCUT2D eigenvalue weighted by Crippen LogP contribution is -2.53. The maximum absolute atomic E-state index is 12.7. The Morgan fingerprint density at radius 2 is 1.83 bits per heavy atom. The highest BCUT2D eigenvalue weighted by atomic mass is 35.5. The molecule has 1 unspecified atom stereocenters. The first-order valence-corrected chi connectivity index (χ1v) is 8.24. The van der Waals surface area contributed by atoms with Gasteiger partial charge in [-0.1, -0.05) is 35.5 Å². The van der Waals surface area contributed by atoms with Crippen molar-refractivity contribution in [2.24, 2.45) is 0 Å². The number of hydrogen-bond acceptors (Lipinski definition) is 3. The molecule has 4 nitrogen and oxygen atoms in total. The fourth-order valence-corrected chi connectivity index (χ4v) is 3.83. The molecule has 0 spiro atoms. The van der Waals surface area contributed by atoms with Crippen molar-refractivity contribution in [3.8, 4) is 0 Å². The van der Waals surface area contributed by atoms with Crippen LogP contribution in [0.25, 0.3) is 0 Å². The number of carbonyl (C=O) groups excluding carboxylic acids is 2. The molecule has 1 atom stereocenters. The van der Waals surface area contributed by atoms with Crippen LogP contribution in [-0.4, -0.2) is 23.6 Å². The van der Waals surface area contributed by atoms with Gasteiger partial charge in [0.25, 0.3) is 5.91 Å². The molecule has 0 fully saturated rings. The van der Waals surface area contributed by atoms with E-state index < -0.39 is 4.75 Å². The van der Waals surface area contributed by atoms with E-state index in [2.05, 4.69) is 5.32 Å². The summed E-state index contributed by atoms with van der Waals surface area (Å²) in [7, 11) is 1.69. The summed E-state index contributed by atoms with van der Waals surface area (Å²) < 4.78 is -1.22. The average Bonchev–Trinajstić information content (AvgIpc) is 2.55. The van der Waals surface area contributed by atoms with Gasteiger partial charge in [0.05, 0.1) is 5.69 Å². The maximum atomic E-state index is 12.7. The van der Waals surface area contributed by atoms with Gasteiger partial charge in [0.15, 0.2) is 4.75 Å². The predicted molar refractivity (Wildman–Crippen MR) is 94.2 cm³/mol. The molecule has 6 heteroatoms. The number of anilines is 2. The van der Waals surface area contributed by atoms with E-state index in [0.29, 0.717) is 10.7 Å². The number of carbonyl (C=O) groups is 2. The SMILES string of the molecule is CN1C(=O)C(C)(C(=O)Nc2ccc(Cl)cc2)Sc2ccccc21. The summed E-state index contributed by atoms with van der Waals surface area (Å²) in [5.41, 5.74) is 1.43. The van der Waals surface area contributed by atoms with E-state index >= 15 is 0 Å². The first-order valence-electron chi connectivity index (χ1n) is 7.05. The fraction of sp³-hybridized carbons (Fsp3) is 0.176. The molecule has 0 aromatic heterocycles. The second-order valence-corrected chi connectivity index (χ2v) is 7.33. The van der Waals surface area contributed by atoms with E-state index in [0.717, 1.165) is 10.6 Å². The van der Waals surface area contributed by atoms with Gasteiger partial charge >= 0.3 is 0 Å². The topological polar surface area (TPSA) is 49.4 Å². The monoisotopic (exact) mass is 346 g/mol. The van der Waals surface area contributed by atoms with Crippen LogP contribution >= 0.6 is 23.4 Å². The Morgan fingerprint density at radius 3 is 2.52 bits per heavy atom. The molecule has 1 N–H and O–H groups in total. The maximum Gasteiger partial charge on any atom is 0.252 e. The Balaban J connectivity index is 1.90. The third-order valence-electron chi connectivity index (χ3n) is 3.79. The van der Waals surface area contributed by atoms with E-state index in [9.17, 15) is 9.59 Å². The zero-order valence-electron chi connectivity index (χ0n) is 12.7. The van der Waals surface area contributed by atoms with Crippen molar-refractivity contribution in [3.05, 3.63) is 53.6 Å². The second kappa shape index (κ2) is 5.91. The molecule has 2 amide bonds. The third kappa shape index (κ3) is 2.82. The van der Waals surface area contributed by atoms with Gasteiger partial charge in [-0.25, -0.2) is 0 Å². The van der Waals surface area contributed by atoms with Gasteiger partial charge in [0.1, 0.15) is 0 Å². The summed E-state index contributed by atoms with van der Waals surface area (Å²) in [6, 6.07) is 14.4. The Bertz CT molecular complexity index is 778. The number of fused-ring (bicyclic) bond motifs is 1. The van der Waals surface area contributed by atoms with Crippen LogP contribution < -0.4 is 10.2 Å². The standard InChI is InChI=1S/C17H15ClN2O2S/c1-17(15(21)19-12-9-7-11(18)8-10-12)16(22)20(2)13-5-3-4-6-14(13)23-17/h3-10H,1-2H3,(H,19,21). The first kappa shape index (κ1) is 15.9. The van der Waals surface area contributed by atoms with Crippen LogP contribution in [0.1, 0.15) is 6.92 Å². The van der Waals surface area contributed by atoms with Crippen LogP contribution in [-0.2, 0) is 9.59 Å². The molecule has 2 aromatic carbocycles. The average molecular weight is 347 g/mol. The van der Waals surface area contributed by atoms with Crippen LogP contribution in [0.5, 0.6) is 0 Å². The molecule has 1 aliphatic heterocycles. The van der Waals surface area contributed by atoms with Gasteiger partial charge in [-0.3, -0.25) is 9.59 Å². The summed E-state index contributed by atoms with van der Waals surface area (Å²) in [4.78, 5) is 27.9. The van der Waals surface area contributed by atoms with Crippen molar-refractivity contribution < 1.29 is 9.59 Å². The quantitative estimate of drug-likeness (QED) is 0.841. The molecule has 23 heavy (non-hydrogen) atoms. The van der Waals surface area contributed by atoms with E-state index in [1.54, 1.807) is 38.2 Å². The minimum atomic E-state index is -1.22. The van der Waals surface area contributed by atoms with Gasteiger partial charge in [-0.05, 0) is 43.3 Å². The number of halogens is 1. The molecule has 2 aromatic rings. The normalized spacial score (nSPS) is 20.1. The number of para-hydroxylation sites is 1. The summed E-state index contributed by atoms with van der Waals surface area (Å²) in [6.45, 7) is 1.65. The smallest absolute Gasteiger partial charge is 0.252 e. The molecule has 118 valence electrons. The van der Waals surface area contributed by atoms with Crippen LogP contribution in [0.2, 0.25) is 5.02 Å². The van der Waals surface area contributed by atoms with Crippen LogP contribution in [0.3, 0.4) is 0 Å². The number of amides is 2. The van der Waals surface area contributed by atoms with Crippen LogP contribution in [0.4, 0.5) is 11.4 Å². The lowest BCUT2D eigenvalue weighted by atomic mass is 10.1. The van der Waals surface area contributed by atoms with Crippen molar-refractivity contribution in [3.63, 3.8) is 0 Å². The zero-order chi connectivity index (χ0) is 16.6. The molecule has 0 saturated heterocycles. The Morgan fingerprint density at radius 1 is 1.17 bits per heavy atom. The first-order chi connectivity index (χ1) is 10.9. The van der Waals surface area contributed by atoms with Crippen LogP contribution in [0, 0.1) is 0 Å². The number of nitrogens with zero attached hydrogens (tertiary/aromatic N) is 1. The number of hydrogen-bond donors (Lipinski definition) is 1. The number of rotatable bonds is 2. The highest BCUT2D eigenvalue weighted by Crippen LogP contribution is 2.45. The summed E-state index contributed by atoms with van der Waals surface area (Å²) in [5.74, 6) is -0.594. The largest absolute Gasteiger partial charge is 0.324 e. The molecule has 1 aliphatic rings. The van der Waals surface area contributed by atoms with E-state index in [1.165, 1.54) is 16.7 Å². The fourth-order valence-electron chi connectivity index (χ4n) is 2.44. The molecule has 0 saturated carbocycles. The van der Waals surface area contributed by atoms with Gasteiger partial charge in [0.2, 0.25) is 5.91 Å². The van der Waals surface area contributed by atoms with Gasteiger partial charge in [-0.2, -0.15) is 0 Å². The van der Waals surface area contributed by atoms with Crippen molar-refractivity contribution in [1.29, 1.82) is 0 Å². The summed E-state index contributed by atoms with van der Waals surface area (Å²) in [5, 5.41) is 3.38. The summed E-state index contributed by atoms with van der Waals surface area (Å²) in [6.07, 6.45) is 0. The lowest BCUT2D eigenvalue weighted by Gasteiger charge is -2.36. The Hall–Kier alpha value is -1.98. The molecule has 1 heterocycles. The number of benzene rings is 2. The molecular weight excluding hydrogens is 332 g/mol. The number of thioether (sulfide) groups is 1. The minimum Gasteiger partial charge on any atom is -0.324 e. The van der Waals surface area contributed by atoms with Gasteiger partial charge in [-0.15, -0.1) is 0 Å². The summed E-state index contributed by atoms with van der Waals surface area (Å²) >= 11 is 7.12. The van der Waals surface area contributed by atoms with Crippen molar-refractivity contribution >= 4 is 46.6 Å². The minimum absolute atomic E-state index is 0.243. The highest BCUT2D eigenvalue weighted by Gasteiger charge is 2.48. The molecule has 3 rings (SSSR count). The Labute approximate surface area is 143 Å². The van der Waals surface area contributed by atoms with Crippen molar-refractivity contribution in [2.45, 2.75) is 16.6 Å². The predicted octanol–water partition coefficient (Wildman–Crippen LogP) is 3.81. The van der Waals surface area contributed by atoms with Crippen LogP contribution in [0.15, 0.2) is 53.4 Å². The van der Waals surface area contributed by atoms with Crippen molar-refractivity contribution in [2.75, 3.05) is 17.3 Å². The molecule has 0 aliphatic carbocycles. The van der Waals surface area contributed by atoms with E-state index in [4.69, 9.17) is 11.6 Å². The Kier molecular flexibility index (Phi) is 4.08. The molecule has 0 radical (unpaired) electrons. The van der Waals surface area contributed by atoms with E-state index in [-0.39, 0.29) is 11.8 Å².